The Morgan fingerprint density at radius 2 is 1.59 bits per heavy atom. The van der Waals surface area contributed by atoms with E-state index >= 15 is 0 Å². The molecule has 0 bridgehead atoms. The Hall–Kier alpha value is -2.04. The lowest BCUT2D eigenvalue weighted by Crippen LogP contribution is -2.27. The first-order valence-electron chi connectivity index (χ1n) is 6.60. The molecule has 6 heteroatoms. The molecular weight excluding hydrogens is 323 g/mol. The molecule has 0 radical (unpaired) electrons. The number of carbonyl (C=O) groups excluding carboxylic acids is 2. The minimum atomic E-state index is -0.415. The molecule has 0 fully saturated rings. The van der Waals surface area contributed by atoms with E-state index in [-0.39, 0.29) is 12.3 Å². The minimum absolute atomic E-state index is 0.265. The largest absolute Gasteiger partial charge is 0.352 e. The van der Waals surface area contributed by atoms with E-state index in [1.165, 1.54) is 0 Å². The Balaban J connectivity index is 1.80. The van der Waals surface area contributed by atoms with Crippen molar-refractivity contribution in [2.45, 2.75) is 13.0 Å². The molecule has 2 rings (SSSR count). The number of hydrogen-bond donors (Lipinski definition) is 2. The number of nitrogens with one attached hydrogen (secondary N) is 2. The van der Waals surface area contributed by atoms with Crippen molar-refractivity contribution in [3.8, 4) is 0 Å². The molecule has 0 saturated heterocycles. The molecular formula is C16H14Cl2N2O2. The molecule has 0 atom stereocenters. The number of rotatable bonds is 5. The van der Waals surface area contributed by atoms with Gasteiger partial charge in [0.25, 0.3) is 0 Å². The summed E-state index contributed by atoms with van der Waals surface area (Å²) < 4.78 is 0. The second-order valence-corrected chi connectivity index (χ2v) is 5.45. The zero-order valence-corrected chi connectivity index (χ0v) is 13.1. The van der Waals surface area contributed by atoms with Gasteiger partial charge in [-0.15, -0.1) is 0 Å². The molecule has 2 N–H and O–H groups in total. The number of amides is 2. The van der Waals surface area contributed by atoms with Crippen LogP contribution in [0.15, 0.2) is 48.5 Å². The Kier molecular flexibility index (Phi) is 5.81. The first-order chi connectivity index (χ1) is 10.5. The lowest BCUT2D eigenvalue weighted by Gasteiger charge is -2.08. The molecule has 0 aliphatic heterocycles. The molecule has 2 amide bonds. The normalized spacial score (nSPS) is 10.1. The zero-order chi connectivity index (χ0) is 15.9. The zero-order valence-electron chi connectivity index (χ0n) is 11.6. The fraction of sp³-hybridized carbons (Fsp3) is 0.125. The molecule has 4 nitrogen and oxygen atoms in total. The van der Waals surface area contributed by atoms with E-state index in [2.05, 4.69) is 10.6 Å². The van der Waals surface area contributed by atoms with Crippen molar-refractivity contribution >= 4 is 40.7 Å². The second kappa shape index (κ2) is 7.82. The summed E-state index contributed by atoms with van der Waals surface area (Å²) in [7, 11) is 0. The van der Waals surface area contributed by atoms with E-state index in [1.807, 2.05) is 12.1 Å². The average Bonchev–Trinajstić information content (AvgIpc) is 2.49. The minimum Gasteiger partial charge on any atom is -0.352 e. The van der Waals surface area contributed by atoms with E-state index in [0.29, 0.717) is 22.3 Å². The van der Waals surface area contributed by atoms with E-state index in [1.54, 1.807) is 36.4 Å². The number of carbonyl (C=O) groups is 2. The van der Waals surface area contributed by atoms with Crippen LogP contribution in [0.2, 0.25) is 10.0 Å². The lowest BCUT2D eigenvalue weighted by molar-refractivity contribution is -0.126. The lowest BCUT2D eigenvalue weighted by atomic mass is 10.2. The molecule has 2 aromatic carbocycles. The van der Waals surface area contributed by atoms with Gasteiger partial charge < -0.3 is 10.6 Å². The summed E-state index contributed by atoms with van der Waals surface area (Å²) in [6.07, 6.45) is -0.265. The van der Waals surface area contributed by atoms with E-state index in [4.69, 9.17) is 23.2 Å². The fourth-order valence-electron chi connectivity index (χ4n) is 1.77. The predicted molar refractivity (Wildman–Crippen MR) is 88.0 cm³/mol. The van der Waals surface area contributed by atoms with Crippen LogP contribution in [0.1, 0.15) is 12.0 Å². The van der Waals surface area contributed by atoms with Crippen molar-refractivity contribution in [2.75, 3.05) is 5.32 Å². The first-order valence-corrected chi connectivity index (χ1v) is 7.36. The quantitative estimate of drug-likeness (QED) is 0.819. The smallest absolute Gasteiger partial charge is 0.233 e. The third-order valence-corrected chi connectivity index (χ3v) is 3.45. The van der Waals surface area contributed by atoms with Gasteiger partial charge in [0.1, 0.15) is 6.42 Å². The first kappa shape index (κ1) is 16.3. The summed E-state index contributed by atoms with van der Waals surface area (Å²) in [6.45, 7) is 0.343. The molecule has 0 heterocycles. The highest BCUT2D eigenvalue weighted by Gasteiger charge is 2.10. The Morgan fingerprint density at radius 1 is 0.909 bits per heavy atom. The Morgan fingerprint density at radius 3 is 2.27 bits per heavy atom. The van der Waals surface area contributed by atoms with E-state index in [9.17, 15) is 9.59 Å². The summed E-state index contributed by atoms with van der Waals surface area (Å²) in [6, 6.07) is 14.0. The van der Waals surface area contributed by atoms with Gasteiger partial charge in [-0.25, -0.2) is 0 Å². The summed E-state index contributed by atoms with van der Waals surface area (Å²) in [5.41, 5.74) is 1.39. The maximum absolute atomic E-state index is 11.8. The van der Waals surface area contributed by atoms with Crippen LogP contribution in [0, 0.1) is 0 Å². The van der Waals surface area contributed by atoms with Crippen molar-refractivity contribution in [3.05, 3.63) is 64.1 Å². The standard InChI is InChI=1S/C16H14Cl2N2O2/c17-12-7-5-11(6-8-12)10-19-15(21)9-16(22)20-14-4-2-1-3-13(14)18/h1-8H,9-10H2,(H,19,21)(H,20,22). The second-order valence-electron chi connectivity index (χ2n) is 4.61. The molecule has 22 heavy (non-hydrogen) atoms. The van der Waals surface area contributed by atoms with Gasteiger partial charge in [0.05, 0.1) is 10.7 Å². The Labute approximate surface area is 138 Å². The van der Waals surface area contributed by atoms with Gasteiger partial charge in [0.15, 0.2) is 0 Å². The molecule has 0 aliphatic rings. The van der Waals surface area contributed by atoms with Gasteiger partial charge in [-0.3, -0.25) is 9.59 Å². The predicted octanol–water partition coefficient (Wildman–Crippen LogP) is 3.64. The fourth-order valence-corrected chi connectivity index (χ4v) is 2.08. The van der Waals surface area contributed by atoms with Crippen molar-refractivity contribution < 1.29 is 9.59 Å². The van der Waals surface area contributed by atoms with Gasteiger partial charge in [-0.1, -0.05) is 47.5 Å². The molecule has 0 unspecified atom stereocenters. The summed E-state index contributed by atoms with van der Waals surface area (Å²) in [5, 5.41) is 6.33. The van der Waals surface area contributed by atoms with E-state index in [0.717, 1.165) is 5.56 Å². The van der Waals surface area contributed by atoms with Crippen LogP contribution < -0.4 is 10.6 Å². The summed E-state index contributed by atoms with van der Waals surface area (Å²) >= 11 is 11.7. The van der Waals surface area contributed by atoms with E-state index < -0.39 is 5.91 Å². The third-order valence-electron chi connectivity index (χ3n) is 2.87. The number of benzene rings is 2. The number of halogens is 2. The highest BCUT2D eigenvalue weighted by atomic mass is 35.5. The van der Waals surface area contributed by atoms with Gasteiger partial charge in [0, 0.05) is 11.6 Å². The maximum atomic E-state index is 11.8. The maximum Gasteiger partial charge on any atom is 0.233 e. The van der Waals surface area contributed by atoms with Crippen LogP contribution in [0.4, 0.5) is 5.69 Å². The van der Waals surface area contributed by atoms with Gasteiger partial charge in [-0.2, -0.15) is 0 Å². The highest BCUT2D eigenvalue weighted by Crippen LogP contribution is 2.20. The summed E-state index contributed by atoms with van der Waals surface area (Å²) in [5.74, 6) is -0.777. The van der Waals surface area contributed by atoms with Crippen molar-refractivity contribution in [3.63, 3.8) is 0 Å². The molecule has 0 aliphatic carbocycles. The van der Waals surface area contributed by atoms with Gasteiger partial charge in [-0.05, 0) is 29.8 Å². The molecule has 0 saturated carbocycles. The molecule has 0 aromatic heterocycles. The number of para-hydroxylation sites is 1. The van der Waals surface area contributed by atoms with Crippen LogP contribution in [-0.2, 0) is 16.1 Å². The molecule has 0 spiro atoms. The monoisotopic (exact) mass is 336 g/mol. The van der Waals surface area contributed by atoms with Crippen LogP contribution in [0.3, 0.4) is 0 Å². The Bertz CT molecular complexity index is 672. The molecule has 2 aromatic rings. The number of anilines is 1. The average molecular weight is 337 g/mol. The van der Waals surface area contributed by atoms with Crippen LogP contribution in [-0.4, -0.2) is 11.8 Å². The van der Waals surface area contributed by atoms with Crippen LogP contribution >= 0.6 is 23.2 Å². The SMILES string of the molecule is O=C(CC(=O)Nc1ccccc1Cl)NCc1ccc(Cl)cc1. The van der Waals surface area contributed by atoms with Crippen LogP contribution in [0.5, 0.6) is 0 Å². The van der Waals surface area contributed by atoms with Crippen molar-refractivity contribution in [2.24, 2.45) is 0 Å². The van der Waals surface area contributed by atoms with Gasteiger partial charge >= 0.3 is 0 Å². The molecule has 114 valence electrons. The third kappa shape index (κ3) is 5.06. The van der Waals surface area contributed by atoms with Crippen molar-refractivity contribution in [1.82, 2.24) is 5.32 Å². The van der Waals surface area contributed by atoms with Gasteiger partial charge in [0.2, 0.25) is 11.8 Å². The van der Waals surface area contributed by atoms with Crippen LogP contribution in [0.25, 0.3) is 0 Å². The topological polar surface area (TPSA) is 58.2 Å². The number of hydrogen-bond acceptors (Lipinski definition) is 2. The van der Waals surface area contributed by atoms with Crippen molar-refractivity contribution in [1.29, 1.82) is 0 Å². The highest BCUT2D eigenvalue weighted by molar-refractivity contribution is 6.33. The summed E-state index contributed by atoms with van der Waals surface area (Å²) in [4.78, 5) is 23.5.